The smallest absolute Gasteiger partial charge is 0.223 e. The molecule has 1 atom stereocenters. The summed E-state index contributed by atoms with van der Waals surface area (Å²) in [5.74, 6) is 0.762. The summed E-state index contributed by atoms with van der Waals surface area (Å²) in [5.41, 5.74) is 1.06. The molecule has 0 aromatic heterocycles. The van der Waals surface area contributed by atoms with Crippen molar-refractivity contribution in [1.82, 2.24) is 5.32 Å². The molecule has 0 saturated heterocycles. The average Bonchev–Trinajstić information content (AvgIpc) is 2.54. The molecule has 2 rings (SSSR count). The molecule has 0 aliphatic heterocycles. The van der Waals surface area contributed by atoms with E-state index < -0.39 is 0 Å². The molecule has 0 radical (unpaired) electrons. The van der Waals surface area contributed by atoms with Gasteiger partial charge in [0.1, 0.15) is 5.75 Å². The number of ether oxygens (including phenoxy) is 1. The molecule has 0 heterocycles. The minimum Gasteiger partial charge on any atom is -0.493 e. The fraction of sp³-hybridized carbons (Fsp3) is 0.278. The fourth-order valence-electron chi connectivity index (χ4n) is 2.16. The van der Waals surface area contributed by atoms with Crippen LogP contribution in [-0.4, -0.2) is 12.5 Å². The number of hydrogen-bond acceptors (Lipinski definition) is 2. The van der Waals surface area contributed by atoms with Gasteiger partial charge in [0.2, 0.25) is 5.91 Å². The number of para-hydroxylation sites is 1. The number of carbonyl (C=O) groups excluding carboxylic acids is 1. The second kappa shape index (κ2) is 8.44. The Balaban J connectivity index is 1.81. The van der Waals surface area contributed by atoms with Crippen molar-refractivity contribution in [2.75, 3.05) is 6.61 Å². The predicted molar refractivity (Wildman–Crippen MR) is 89.2 cm³/mol. The van der Waals surface area contributed by atoms with Crippen LogP contribution in [0.25, 0.3) is 0 Å². The van der Waals surface area contributed by atoms with Gasteiger partial charge in [-0.05, 0) is 36.2 Å². The number of nitrogens with one attached hydrogen (secondary N) is 1. The molecule has 1 unspecified atom stereocenters. The third kappa shape index (κ3) is 5.08. The normalized spacial score (nSPS) is 11.7. The Morgan fingerprint density at radius 2 is 1.82 bits per heavy atom. The van der Waals surface area contributed by atoms with Crippen LogP contribution in [0.15, 0.2) is 54.6 Å². The minimum absolute atomic E-state index is 0.00138. The summed E-state index contributed by atoms with van der Waals surface area (Å²) in [5, 5.41) is 3.72. The molecule has 116 valence electrons. The highest BCUT2D eigenvalue weighted by Gasteiger charge is 2.12. The highest BCUT2D eigenvalue weighted by Crippen LogP contribution is 2.19. The Kier molecular flexibility index (Phi) is 6.28. The lowest BCUT2D eigenvalue weighted by Gasteiger charge is -2.17. The van der Waals surface area contributed by atoms with E-state index in [9.17, 15) is 4.79 Å². The Bertz CT molecular complexity index is 584. The van der Waals surface area contributed by atoms with E-state index in [0.29, 0.717) is 18.1 Å². The molecule has 0 fully saturated rings. The fourth-order valence-corrected chi connectivity index (χ4v) is 2.29. The molecule has 0 spiro atoms. The first-order valence-electron chi connectivity index (χ1n) is 7.41. The van der Waals surface area contributed by atoms with E-state index >= 15 is 0 Å². The van der Waals surface area contributed by atoms with Crippen LogP contribution < -0.4 is 10.1 Å². The van der Waals surface area contributed by atoms with Crippen LogP contribution >= 0.6 is 11.6 Å². The van der Waals surface area contributed by atoms with E-state index in [1.807, 2.05) is 61.5 Å². The zero-order chi connectivity index (χ0) is 15.8. The molecule has 3 nitrogen and oxygen atoms in total. The van der Waals surface area contributed by atoms with Crippen molar-refractivity contribution in [2.24, 2.45) is 0 Å². The van der Waals surface area contributed by atoms with Gasteiger partial charge in [0.15, 0.2) is 0 Å². The number of amides is 1. The number of carbonyl (C=O) groups is 1. The van der Waals surface area contributed by atoms with Crippen LogP contribution in [0.5, 0.6) is 5.75 Å². The predicted octanol–water partition coefficient (Wildman–Crippen LogP) is 4.38. The summed E-state index contributed by atoms with van der Waals surface area (Å²) in [7, 11) is 0. The number of rotatable bonds is 7. The lowest BCUT2D eigenvalue weighted by Crippen LogP contribution is -2.29. The van der Waals surface area contributed by atoms with Gasteiger partial charge in [-0.1, -0.05) is 48.9 Å². The first kappa shape index (κ1) is 16.4. The Morgan fingerprint density at radius 1 is 1.14 bits per heavy atom. The van der Waals surface area contributed by atoms with E-state index in [1.54, 1.807) is 0 Å². The first-order chi connectivity index (χ1) is 10.7. The molecular weight excluding hydrogens is 298 g/mol. The van der Waals surface area contributed by atoms with Crippen molar-refractivity contribution in [2.45, 2.75) is 25.8 Å². The highest BCUT2D eigenvalue weighted by molar-refractivity contribution is 6.30. The van der Waals surface area contributed by atoms with E-state index in [4.69, 9.17) is 16.3 Å². The Morgan fingerprint density at radius 3 is 2.45 bits per heavy atom. The lowest BCUT2D eigenvalue weighted by atomic mass is 10.0. The third-order valence-electron chi connectivity index (χ3n) is 3.36. The van der Waals surface area contributed by atoms with Crippen LogP contribution in [0.3, 0.4) is 0 Å². The van der Waals surface area contributed by atoms with Crippen molar-refractivity contribution >= 4 is 17.5 Å². The molecule has 2 aromatic rings. The van der Waals surface area contributed by atoms with Crippen LogP contribution in [-0.2, 0) is 4.79 Å². The zero-order valence-corrected chi connectivity index (χ0v) is 13.3. The van der Waals surface area contributed by atoms with Crippen molar-refractivity contribution in [3.05, 3.63) is 65.2 Å². The second-order valence-corrected chi connectivity index (χ2v) is 5.43. The van der Waals surface area contributed by atoms with E-state index in [-0.39, 0.29) is 11.9 Å². The van der Waals surface area contributed by atoms with Crippen LogP contribution in [0.1, 0.15) is 31.4 Å². The molecule has 22 heavy (non-hydrogen) atoms. The van der Waals surface area contributed by atoms with Gasteiger partial charge in [0, 0.05) is 5.02 Å². The zero-order valence-electron chi connectivity index (χ0n) is 12.6. The summed E-state index contributed by atoms with van der Waals surface area (Å²) >= 11 is 5.89. The van der Waals surface area contributed by atoms with Gasteiger partial charge in [-0.3, -0.25) is 4.79 Å². The summed E-state index contributed by atoms with van der Waals surface area (Å²) in [6.45, 7) is 2.41. The maximum atomic E-state index is 12.0. The Labute approximate surface area is 136 Å². The summed E-state index contributed by atoms with van der Waals surface area (Å²) in [4.78, 5) is 12.0. The summed E-state index contributed by atoms with van der Waals surface area (Å²) < 4.78 is 5.54. The number of halogens is 1. The Hall–Kier alpha value is -2.00. The SMILES string of the molecule is CCC(NC(=O)CCOc1ccccc1)c1ccc(Cl)cc1. The second-order valence-electron chi connectivity index (χ2n) is 4.99. The molecular formula is C18H20ClNO2. The first-order valence-corrected chi connectivity index (χ1v) is 7.79. The van der Waals surface area contributed by atoms with E-state index in [0.717, 1.165) is 17.7 Å². The minimum atomic E-state index is -0.0160. The van der Waals surface area contributed by atoms with Crippen molar-refractivity contribution in [3.63, 3.8) is 0 Å². The van der Waals surface area contributed by atoms with Gasteiger partial charge in [0.25, 0.3) is 0 Å². The van der Waals surface area contributed by atoms with Crippen LogP contribution in [0, 0.1) is 0 Å². The van der Waals surface area contributed by atoms with Crippen molar-refractivity contribution in [3.8, 4) is 5.75 Å². The van der Waals surface area contributed by atoms with Gasteiger partial charge < -0.3 is 10.1 Å². The van der Waals surface area contributed by atoms with Gasteiger partial charge in [0.05, 0.1) is 19.1 Å². The largest absolute Gasteiger partial charge is 0.493 e. The summed E-state index contributed by atoms with van der Waals surface area (Å²) in [6.07, 6.45) is 1.16. The average molecular weight is 318 g/mol. The molecule has 0 aliphatic rings. The summed E-state index contributed by atoms with van der Waals surface area (Å²) in [6, 6.07) is 17.1. The standard InChI is InChI=1S/C18H20ClNO2/c1-2-17(14-8-10-15(19)11-9-14)20-18(21)12-13-22-16-6-4-3-5-7-16/h3-11,17H,2,12-13H2,1H3,(H,20,21). The molecule has 2 aromatic carbocycles. The maximum absolute atomic E-state index is 12.0. The maximum Gasteiger partial charge on any atom is 0.223 e. The van der Waals surface area contributed by atoms with Gasteiger partial charge in [-0.2, -0.15) is 0 Å². The molecule has 0 saturated carbocycles. The molecule has 1 N–H and O–H groups in total. The molecule has 4 heteroatoms. The quantitative estimate of drug-likeness (QED) is 0.823. The van der Waals surface area contributed by atoms with Gasteiger partial charge >= 0.3 is 0 Å². The topological polar surface area (TPSA) is 38.3 Å². The molecule has 0 aliphatic carbocycles. The molecule has 0 bridgehead atoms. The monoisotopic (exact) mass is 317 g/mol. The van der Waals surface area contributed by atoms with E-state index in [2.05, 4.69) is 5.32 Å². The van der Waals surface area contributed by atoms with E-state index in [1.165, 1.54) is 0 Å². The van der Waals surface area contributed by atoms with Crippen molar-refractivity contribution in [1.29, 1.82) is 0 Å². The van der Waals surface area contributed by atoms with Gasteiger partial charge in [-0.25, -0.2) is 0 Å². The lowest BCUT2D eigenvalue weighted by molar-refractivity contribution is -0.122. The van der Waals surface area contributed by atoms with Gasteiger partial charge in [-0.15, -0.1) is 0 Å². The van der Waals surface area contributed by atoms with Crippen LogP contribution in [0.2, 0.25) is 5.02 Å². The van der Waals surface area contributed by atoms with Crippen molar-refractivity contribution < 1.29 is 9.53 Å². The number of hydrogen-bond donors (Lipinski definition) is 1. The van der Waals surface area contributed by atoms with Crippen LogP contribution in [0.4, 0.5) is 0 Å². The third-order valence-corrected chi connectivity index (χ3v) is 3.61. The molecule has 1 amide bonds. The number of benzene rings is 2. The highest BCUT2D eigenvalue weighted by atomic mass is 35.5.